The molecule has 0 spiro atoms. The third-order valence-corrected chi connectivity index (χ3v) is 2.91. The molecule has 2 rings (SSSR count). The Bertz CT molecular complexity index is 476. The van der Waals surface area contributed by atoms with Gasteiger partial charge in [-0.25, -0.2) is 0 Å². The van der Waals surface area contributed by atoms with Crippen molar-refractivity contribution in [2.24, 2.45) is 5.41 Å². The molecule has 1 atom stereocenters. The van der Waals surface area contributed by atoms with E-state index in [4.69, 9.17) is 0 Å². The normalized spacial score (nSPS) is 23.5. The summed E-state index contributed by atoms with van der Waals surface area (Å²) in [5, 5.41) is 10.7. The van der Waals surface area contributed by atoms with Gasteiger partial charge in [0.05, 0.1) is 5.69 Å². The highest BCUT2D eigenvalue weighted by Crippen LogP contribution is 2.33. The molecule has 1 N–H and O–H groups in total. The van der Waals surface area contributed by atoms with Crippen LogP contribution < -0.4 is 0 Å². The van der Waals surface area contributed by atoms with Crippen molar-refractivity contribution in [1.29, 1.82) is 0 Å². The van der Waals surface area contributed by atoms with E-state index in [9.17, 15) is 5.11 Å². The van der Waals surface area contributed by atoms with Crippen molar-refractivity contribution >= 4 is 0 Å². The zero-order chi connectivity index (χ0) is 12.5. The molecule has 0 fully saturated rings. The van der Waals surface area contributed by atoms with Crippen molar-refractivity contribution in [3.8, 4) is 11.8 Å². The minimum absolute atomic E-state index is 0.0951. The van der Waals surface area contributed by atoms with Crippen molar-refractivity contribution in [3.63, 3.8) is 0 Å². The Labute approximate surface area is 103 Å². The first-order valence-electron chi connectivity index (χ1n) is 6.12. The standard InChI is InChI=1S/C15H19NO/c1-14(2,3)9-10-15(17)8-4-6-12-7-5-11-16-13(12)15/h5,7,11,17H,4,6,8H2,1-3H3. The van der Waals surface area contributed by atoms with Gasteiger partial charge in [0.25, 0.3) is 0 Å². The van der Waals surface area contributed by atoms with E-state index < -0.39 is 5.60 Å². The molecule has 0 aliphatic heterocycles. The Morgan fingerprint density at radius 2 is 2.18 bits per heavy atom. The van der Waals surface area contributed by atoms with E-state index in [0.717, 1.165) is 24.1 Å². The van der Waals surface area contributed by atoms with Gasteiger partial charge >= 0.3 is 0 Å². The molecule has 0 amide bonds. The van der Waals surface area contributed by atoms with Gasteiger partial charge in [0.2, 0.25) is 0 Å². The van der Waals surface area contributed by atoms with E-state index in [1.807, 2.05) is 32.9 Å². The highest BCUT2D eigenvalue weighted by Gasteiger charge is 2.34. The second-order valence-corrected chi connectivity index (χ2v) is 5.72. The van der Waals surface area contributed by atoms with Gasteiger partial charge in [-0.15, -0.1) is 0 Å². The van der Waals surface area contributed by atoms with E-state index in [-0.39, 0.29) is 5.41 Å². The fourth-order valence-corrected chi connectivity index (χ4v) is 2.08. The first-order chi connectivity index (χ1) is 7.91. The largest absolute Gasteiger partial charge is 0.372 e. The number of aliphatic hydroxyl groups is 1. The predicted octanol–water partition coefficient (Wildman–Crippen LogP) is 2.66. The molecule has 1 heterocycles. The van der Waals surface area contributed by atoms with E-state index in [0.29, 0.717) is 6.42 Å². The quantitative estimate of drug-likeness (QED) is 0.694. The molecule has 0 saturated carbocycles. The van der Waals surface area contributed by atoms with Gasteiger partial charge in [-0.1, -0.05) is 17.9 Å². The maximum atomic E-state index is 10.7. The van der Waals surface area contributed by atoms with Gasteiger partial charge in [-0.05, 0) is 51.7 Å². The van der Waals surface area contributed by atoms with Crippen molar-refractivity contribution < 1.29 is 5.11 Å². The van der Waals surface area contributed by atoms with Crippen LogP contribution in [0.15, 0.2) is 18.3 Å². The first kappa shape index (κ1) is 12.1. The van der Waals surface area contributed by atoms with Crippen LogP contribution in [0.5, 0.6) is 0 Å². The molecule has 1 aliphatic rings. The Morgan fingerprint density at radius 3 is 2.88 bits per heavy atom. The Balaban J connectivity index is 2.42. The number of pyridine rings is 1. The first-order valence-corrected chi connectivity index (χ1v) is 6.12. The molecule has 2 heteroatoms. The van der Waals surface area contributed by atoms with Crippen LogP contribution in [0.3, 0.4) is 0 Å². The van der Waals surface area contributed by atoms with Crippen LogP contribution in [0.2, 0.25) is 0 Å². The average molecular weight is 229 g/mol. The Kier molecular flexibility index (Phi) is 2.97. The summed E-state index contributed by atoms with van der Waals surface area (Å²) in [4.78, 5) is 4.32. The zero-order valence-corrected chi connectivity index (χ0v) is 10.7. The highest BCUT2D eigenvalue weighted by atomic mass is 16.3. The van der Waals surface area contributed by atoms with Crippen LogP contribution >= 0.6 is 0 Å². The fourth-order valence-electron chi connectivity index (χ4n) is 2.08. The summed E-state index contributed by atoms with van der Waals surface area (Å²) < 4.78 is 0. The average Bonchev–Trinajstić information content (AvgIpc) is 2.27. The number of hydrogen-bond acceptors (Lipinski definition) is 2. The second kappa shape index (κ2) is 4.16. The maximum Gasteiger partial charge on any atom is 0.167 e. The molecule has 1 aliphatic carbocycles. The number of aromatic nitrogens is 1. The van der Waals surface area contributed by atoms with E-state index in [1.54, 1.807) is 6.20 Å². The maximum absolute atomic E-state index is 10.7. The topological polar surface area (TPSA) is 33.1 Å². The van der Waals surface area contributed by atoms with Gasteiger partial charge in [-0.2, -0.15) is 0 Å². The van der Waals surface area contributed by atoms with Crippen LogP contribution in [0.4, 0.5) is 0 Å². The van der Waals surface area contributed by atoms with Gasteiger partial charge in [0.1, 0.15) is 0 Å². The molecular weight excluding hydrogens is 210 g/mol. The molecule has 1 aromatic rings. The Hall–Kier alpha value is -1.33. The van der Waals surface area contributed by atoms with Crippen LogP contribution in [-0.4, -0.2) is 10.1 Å². The summed E-state index contributed by atoms with van der Waals surface area (Å²) in [6.45, 7) is 6.14. The summed E-state index contributed by atoms with van der Waals surface area (Å²) in [7, 11) is 0. The lowest BCUT2D eigenvalue weighted by atomic mass is 9.82. The fraction of sp³-hybridized carbons (Fsp3) is 0.533. The smallest absolute Gasteiger partial charge is 0.167 e. The van der Waals surface area contributed by atoms with Crippen molar-refractivity contribution in [2.45, 2.75) is 45.6 Å². The molecule has 17 heavy (non-hydrogen) atoms. The van der Waals surface area contributed by atoms with Gasteiger partial charge in [-0.3, -0.25) is 4.98 Å². The van der Waals surface area contributed by atoms with Gasteiger partial charge < -0.3 is 5.11 Å². The minimum Gasteiger partial charge on any atom is -0.372 e. The number of hydrogen-bond donors (Lipinski definition) is 1. The molecule has 1 unspecified atom stereocenters. The zero-order valence-electron chi connectivity index (χ0n) is 10.7. The lowest BCUT2D eigenvalue weighted by molar-refractivity contribution is 0.0751. The van der Waals surface area contributed by atoms with Gasteiger partial charge in [0.15, 0.2) is 5.60 Å². The Morgan fingerprint density at radius 1 is 1.41 bits per heavy atom. The minimum atomic E-state index is -1.05. The summed E-state index contributed by atoms with van der Waals surface area (Å²) in [6.07, 6.45) is 4.37. The number of nitrogens with zero attached hydrogens (tertiary/aromatic N) is 1. The predicted molar refractivity (Wildman–Crippen MR) is 68.3 cm³/mol. The van der Waals surface area contributed by atoms with Crippen molar-refractivity contribution in [3.05, 3.63) is 29.6 Å². The summed E-state index contributed by atoms with van der Waals surface area (Å²) in [5.41, 5.74) is 0.733. The second-order valence-electron chi connectivity index (χ2n) is 5.72. The third-order valence-electron chi connectivity index (χ3n) is 2.91. The number of aryl methyl sites for hydroxylation is 1. The SMILES string of the molecule is CC(C)(C)C#CC1(O)CCCc2cccnc21. The van der Waals surface area contributed by atoms with E-state index in [2.05, 4.69) is 16.8 Å². The summed E-state index contributed by atoms with van der Waals surface area (Å²) >= 11 is 0. The molecular formula is C15H19NO. The van der Waals surface area contributed by atoms with E-state index in [1.165, 1.54) is 0 Å². The summed E-state index contributed by atoms with van der Waals surface area (Å²) in [5.74, 6) is 6.17. The summed E-state index contributed by atoms with van der Waals surface area (Å²) in [6, 6.07) is 3.95. The third kappa shape index (κ3) is 2.68. The molecule has 0 radical (unpaired) electrons. The van der Waals surface area contributed by atoms with Crippen LogP contribution in [0.25, 0.3) is 0 Å². The van der Waals surface area contributed by atoms with Crippen LogP contribution in [0.1, 0.15) is 44.9 Å². The number of rotatable bonds is 0. The molecule has 2 nitrogen and oxygen atoms in total. The van der Waals surface area contributed by atoms with Gasteiger partial charge in [0, 0.05) is 11.6 Å². The van der Waals surface area contributed by atoms with Crippen molar-refractivity contribution in [2.75, 3.05) is 0 Å². The molecule has 0 saturated heterocycles. The lowest BCUT2D eigenvalue weighted by Gasteiger charge is -2.29. The molecule has 0 aromatic carbocycles. The molecule has 0 bridgehead atoms. The monoisotopic (exact) mass is 229 g/mol. The highest BCUT2D eigenvalue weighted by molar-refractivity contribution is 5.36. The molecule has 1 aromatic heterocycles. The lowest BCUT2D eigenvalue weighted by Crippen LogP contribution is -2.30. The van der Waals surface area contributed by atoms with Crippen molar-refractivity contribution in [1.82, 2.24) is 4.98 Å². The van der Waals surface area contributed by atoms with Crippen LogP contribution in [0, 0.1) is 17.3 Å². The molecule has 90 valence electrons. The van der Waals surface area contributed by atoms with Crippen LogP contribution in [-0.2, 0) is 12.0 Å². The number of fused-ring (bicyclic) bond motifs is 1. The van der Waals surface area contributed by atoms with E-state index >= 15 is 0 Å².